The Morgan fingerprint density at radius 2 is 1.82 bits per heavy atom. The Morgan fingerprint density at radius 1 is 1.04 bits per heavy atom. The molecule has 4 aliphatic heterocycles. The quantitative estimate of drug-likeness (QED) is 0.345. The normalized spacial score (nSPS) is 39.6. The van der Waals surface area contributed by atoms with Gasteiger partial charge in [0.05, 0.1) is 18.8 Å². The van der Waals surface area contributed by atoms with Crippen LogP contribution in [0, 0.1) is 35.0 Å². The highest BCUT2D eigenvalue weighted by Gasteiger charge is 2.57. The molecule has 6 nitrogen and oxygen atoms in total. The summed E-state index contributed by atoms with van der Waals surface area (Å²) < 4.78 is 18.1. The second-order valence-electron chi connectivity index (χ2n) is 15.5. The highest BCUT2D eigenvalue weighted by molar-refractivity contribution is 5.93. The topological polar surface area (TPSA) is 68.2 Å². The van der Waals surface area contributed by atoms with E-state index in [1.807, 2.05) is 0 Å². The third-order valence-electron chi connectivity index (χ3n) is 13.6. The predicted molar refractivity (Wildman–Crippen MR) is 172 cm³/mol. The van der Waals surface area contributed by atoms with Crippen molar-refractivity contribution in [1.29, 1.82) is 0 Å². The van der Waals surface area contributed by atoms with Gasteiger partial charge in [-0.25, -0.2) is 4.79 Å². The van der Waals surface area contributed by atoms with Crippen LogP contribution in [0.1, 0.15) is 102 Å². The van der Waals surface area contributed by atoms with E-state index in [0.29, 0.717) is 46.2 Å². The molecule has 8 rings (SSSR count). The van der Waals surface area contributed by atoms with Crippen LogP contribution in [-0.4, -0.2) is 47.8 Å². The minimum Gasteiger partial charge on any atom is -0.492 e. The lowest BCUT2D eigenvalue weighted by atomic mass is 9.67. The van der Waals surface area contributed by atoms with Crippen molar-refractivity contribution in [3.8, 4) is 0 Å². The number of aliphatic hydroxyl groups excluding tert-OH is 1. The lowest BCUT2D eigenvalue weighted by molar-refractivity contribution is -0.133. The minimum absolute atomic E-state index is 0.0308. The maximum absolute atomic E-state index is 12.6. The second kappa shape index (κ2) is 11.6. The first-order valence-corrected chi connectivity index (χ1v) is 18.0. The first kappa shape index (κ1) is 29.8. The molecule has 3 aliphatic carbocycles. The molecule has 45 heavy (non-hydrogen) atoms. The van der Waals surface area contributed by atoms with E-state index < -0.39 is 0 Å². The fourth-order valence-corrected chi connectivity index (χ4v) is 11.7. The average Bonchev–Trinajstić information content (AvgIpc) is 3.86. The molecule has 4 heterocycles. The Hall–Kier alpha value is -2.57. The zero-order chi connectivity index (χ0) is 30.9. The number of nitrogens with zero attached hydrogens (tertiary/aromatic N) is 1. The molecule has 242 valence electrons. The van der Waals surface area contributed by atoms with Crippen molar-refractivity contribution in [1.82, 2.24) is 4.90 Å². The molecule has 1 aromatic rings. The summed E-state index contributed by atoms with van der Waals surface area (Å²) in [5.41, 5.74) is 2.44. The van der Waals surface area contributed by atoms with E-state index in [1.54, 1.807) is 14.0 Å². The minimum atomic E-state index is -0.361. The van der Waals surface area contributed by atoms with Crippen LogP contribution in [0.25, 0.3) is 0 Å². The van der Waals surface area contributed by atoms with Crippen LogP contribution in [0.3, 0.4) is 0 Å². The Morgan fingerprint density at radius 3 is 2.60 bits per heavy atom. The van der Waals surface area contributed by atoms with Crippen molar-refractivity contribution in [3.63, 3.8) is 0 Å². The molecule has 1 N–H and O–H groups in total. The summed E-state index contributed by atoms with van der Waals surface area (Å²) >= 11 is 0. The molecule has 5 fully saturated rings. The number of carbonyl (C=O) groups is 1. The van der Waals surface area contributed by atoms with E-state index in [0.717, 1.165) is 37.3 Å². The van der Waals surface area contributed by atoms with E-state index in [4.69, 9.17) is 14.2 Å². The largest absolute Gasteiger partial charge is 0.492 e. The van der Waals surface area contributed by atoms with Gasteiger partial charge in [0.1, 0.15) is 5.76 Å². The second-order valence-corrected chi connectivity index (χ2v) is 15.5. The van der Waals surface area contributed by atoms with Crippen LogP contribution in [0.4, 0.5) is 0 Å². The van der Waals surface area contributed by atoms with Crippen LogP contribution in [0.15, 0.2) is 65.0 Å². The standard InChI is InChI=1S/C39H51NO5/c1-23-33-30-22-29-27(25-11-5-4-6-12-25)15-16-28(29)34(31(41)21-26-13-9-19-39(26)17-7-8-18-39)40(30)20-10-14-32(33)44-36(23)37-35(43-3)24(2)38(42)45-37/h4-6,11-12,14,23,26-31,33-34,41H,7-10,13,15-22H2,1-3H3. The summed E-state index contributed by atoms with van der Waals surface area (Å²) in [5.74, 6) is 4.69. The summed E-state index contributed by atoms with van der Waals surface area (Å²) in [5, 5.41) is 12.5. The van der Waals surface area contributed by atoms with Crippen LogP contribution >= 0.6 is 0 Å². The Balaban J connectivity index is 1.15. The third-order valence-corrected chi connectivity index (χ3v) is 13.6. The maximum Gasteiger partial charge on any atom is 0.343 e. The fraction of sp³-hybridized carbons (Fsp3) is 0.667. The van der Waals surface area contributed by atoms with E-state index >= 15 is 0 Å². The zero-order valence-corrected chi connectivity index (χ0v) is 27.4. The summed E-state index contributed by atoms with van der Waals surface area (Å²) in [7, 11) is 1.59. The van der Waals surface area contributed by atoms with Crippen LogP contribution < -0.4 is 0 Å². The number of hydrogen-bond acceptors (Lipinski definition) is 6. The number of ether oxygens (including phenoxy) is 3. The number of aliphatic hydroxyl groups is 1. The van der Waals surface area contributed by atoms with Crippen molar-refractivity contribution in [2.24, 2.45) is 35.0 Å². The van der Waals surface area contributed by atoms with Crippen molar-refractivity contribution in [3.05, 3.63) is 70.6 Å². The van der Waals surface area contributed by atoms with Gasteiger partial charge in [0.2, 0.25) is 5.76 Å². The number of benzene rings is 1. The monoisotopic (exact) mass is 613 g/mol. The number of rotatable bonds is 5. The number of carbonyl (C=O) groups excluding carboxylic acids is 1. The summed E-state index contributed by atoms with van der Waals surface area (Å²) in [4.78, 5) is 15.3. The number of allylic oxidation sites excluding steroid dienone is 1. The Labute approximate surface area is 268 Å². The fourth-order valence-electron chi connectivity index (χ4n) is 11.7. The number of methoxy groups -OCH3 is 1. The molecular formula is C39H51NO5. The Kier molecular flexibility index (Phi) is 7.68. The van der Waals surface area contributed by atoms with Crippen LogP contribution in [0.2, 0.25) is 0 Å². The lowest BCUT2D eigenvalue weighted by Gasteiger charge is -2.53. The molecule has 7 aliphatic rings. The smallest absolute Gasteiger partial charge is 0.343 e. The van der Waals surface area contributed by atoms with E-state index in [-0.39, 0.29) is 36.0 Å². The van der Waals surface area contributed by atoms with Gasteiger partial charge in [-0.15, -0.1) is 0 Å². The number of hydrogen-bond donors (Lipinski definition) is 1. The zero-order valence-electron chi connectivity index (χ0n) is 27.4. The molecule has 1 spiro atoms. The van der Waals surface area contributed by atoms with Crippen molar-refractivity contribution < 1.29 is 24.1 Å². The molecule has 2 saturated heterocycles. The molecule has 0 aromatic heterocycles. The van der Waals surface area contributed by atoms with Gasteiger partial charge in [0, 0.05) is 30.5 Å². The first-order chi connectivity index (χ1) is 21.9. The summed E-state index contributed by atoms with van der Waals surface area (Å²) in [6.45, 7) is 4.95. The summed E-state index contributed by atoms with van der Waals surface area (Å²) in [6.07, 6.45) is 16.8. The van der Waals surface area contributed by atoms with Crippen molar-refractivity contribution in [2.75, 3.05) is 13.7 Å². The molecule has 0 radical (unpaired) electrons. The van der Waals surface area contributed by atoms with E-state index in [2.05, 4.69) is 48.2 Å². The average molecular weight is 614 g/mol. The SMILES string of the molecule is COC1=C(C)C(=O)OC1=C1OC2=CCCN3C(CC4C(c5ccccc5)CCC4C3C(O)CC3CCCC34CCCC4)C2C1C. The van der Waals surface area contributed by atoms with Gasteiger partial charge in [0.15, 0.2) is 11.5 Å². The van der Waals surface area contributed by atoms with Gasteiger partial charge in [-0.1, -0.05) is 56.5 Å². The highest BCUT2D eigenvalue weighted by atomic mass is 16.6. The maximum atomic E-state index is 12.6. The van der Waals surface area contributed by atoms with Crippen LogP contribution in [-0.2, 0) is 19.0 Å². The number of cyclic esters (lactones) is 1. The molecular weight excluding hydrogens is 562 g/mol. The summed E-state index contributed by atoms with van der Waals surface area (Å²) in [6, 6.07) is 11.6. The first-order valence-electron chi connectivity index (χ1n) is 18.0. The van der Waals surface area contributed by atoms with Gasteiger partial charge in [0.25, 0.3) is 0 Å². The van der Waals surface area contributed by atoms with Gasteiger partial charge in [-0.3, -0.25) is 4.90 Å². The molecule has 9 unspecified atom stereocenters. The van der Waals surface area contributed by atoms with Crippen LogP contribution in [0.5, 0.6) is 0 Å². The van der Waals surface area contributed by atoms with Gasteiger partial charge in [-0.2, -0.15) is 0 Å². The molecule has 0 amide bonds. The Bertz CT molecular complexity index is 1400. The highest BCUT2D eigenvalue weighted by Crippen LogP contribution is 2.59. The number of piperidine rings is 1. The van der Waals surface area contributed by atoms with Gasteiger partial charge in [-0.05, 0) is 105 Å². The molecule has 0 bridgehead atoms. The molecule has 6 heteroatoms. The van der Waals surface area contributed by atoms with Crippen molar-refractivity contribution in [2.45, 2.75) is 115 Å². The molecule has 3 saturated carbocycles. The van der Waals surface area contributed by atoms with E-state index in [9.17, 15) is 9.90 Å². The lowest BCUT2D eigenvalue weighted by Crippen LogP contribution is -2.60. The van der Waals surface area contributed by atoms with Gasteiger partial charge < -0.3 is 19.3 Å². The van der Waals surface area contributed by atoms with E-state index in [1.165, 1.54) is 63.4 Å². The molecule has 9 atom stereocenters. The molecule has 1 aromatic carbocycles. The number of esters is 1. The predicted octanol–water partition coefficient (Wildman–Crippen LogP) is 7.61. The van der Waals surface area contributed by atoms with Gasteiger partial charge >= 0.3 is 5.97 Å². The van der Waals surface area contributed by atoms with Crippen molar-refractivity contribution >= 4 is 5.97 Å². The third kappa shape index (κ3) is 4.75. The number of fused-ring (bicyclic) bond motifs is 4.